The van der Waals surface area contributed by atoms with Gasteiger partial charge in [0, 0.05) is 24.7 Å². The fraction of sp³-hybridized carbons (Fsp3) is 0.562. The molecule has 0 radical (unpaired) electrons. The van der Waals surface area contributed by atoms with E-state index in [1.165, 1.54) is 12.1 Å². The maximum atomic E-state index is 13.0. The normalized spacial score (nSPS) is 11.0. The molecule has 21 heavy (non-hydrogen) atoms. The number of likely N-dealkylation sites (N-methyl/N-ethyl adjacent to an activating group) is 1. The number of rotatable bonds is 8. The summed E-state index contributed by atoms with van der Waals surface area (Å²) in [6.07, 6.45) is 1.92. The second kappa shape index (κ2) is 9.00. The van der Waals surface area contributed by atoms with Gasteiger partial charge in [0.15, 0.2) is 0 Å². The highest BCUT2D eigenvalue weighted by molar-refractivity contribution is 6.31. The third-order valence-electron chi connectivity index (χ3n) is 3.20. The number of hydrogen-bond acceptors (Lipinski definition) is 2. The first-order chi connectivity index (χ1) is 9.97. The first-order valence-electron chi connectivity index (χ1n) is 7.38. The Morgan fingerprint density at radius 1 is 1.24 bits per heavy atom. The molecule has 1 aromatic rings. The molecule has 0 atom stereocenters. The summed E-state index contributed by atoms with van der Waals surface area (Å²) in [6, 6.07) is 4.35. The third kappa shape index (κ3) is 6.02. The highest BCUT2D eigenvalue weighted by Gasteiger charge is 2.15. The van der Waals surface area contributed by atoms with Crippen molar-refractivity contribution in [3.8, 4) is 0 Å². The van der Waals surface area contributed by atoms with Gasteiger partial charge in [-0.1, -0.05) is 31.5 Å². The van der Waals surface area contributed by atoms with Gasteiger partial charge >= 0.3 is 0 Å². The molecule has 0 aliphatic heterocycles. The second-order valence-electron chi connectivity index (χ2n) is 5.29. The Bertz CT molecular complexity index is 462. The molecule has 1 amide bonds. The molecule has 0 unspecified atom stereocenters. The van der Waals surface area contributed by atoms with Crippen molar-refractivity contribution in [2.45, 2.75) is 33.2 Å². The Morgan fingerprint density at radius 3 is 2.38 bits per heavy atom. The van der Waals surface area contributed by atoms with Crippen molar-refractivity contribution in [3.63, 3.8) is 0 Å². The Balaban J connectivity index is 2.59. The zero-order valence-electron chi connectivity index (χ0n) is 13.0. The summed E-state index contributed by atoms with van der Waals surface area (Å²) in [5.74, 6) is -0.223. The van der Waals surface area contributed by atoms with E-state index in [0.29, 0.717) is 18.1 Å². The van der Waals surface area contributed by atoms with Crippen molar-refractivity contribution in [1.29, 1.82) is 0 Å². The van der Waals surface area contributed by atoms with Crippen LogP contribution in [0.2, 0.25) is 5.02 Å². The highest BCUT2D eigenvalue weighted by atomic mass is 35.5. The zero-order valence-corrected chi connectivity index (χ0v) is 13.8. The molecule has 0 N–H and O–H groups in total. The van der Waals surface area contributed by atoms with E-state index in [0.717, 1.165) is 31.5 Å². The minimum absolute atomic E-state index is 0.124. The van der Waals surface area contributed by atoms with E-state index in [1.54, 1.807) is 6.07 Å². The average molecular weight is 315 g/mol. The lowest BCUT2D eigenvalue weighted by Gasteiger charge is -2.25. The molecule has 0 saturated heterocycles. The summed E-state index contributed by atoms with van der Waals surface area (Å²) in [7, 11) is 1.87. The molecule has 1 aromatic carbocycles. The summed E-state index contributed by atoms with van der Waals surface area (Å²) < 4.78 is 13.0. The van der Waals surface area contributed by atoms with E-state index in [4.69, 9.17) is 11.6 Å². The maximum absolute atomic E-state index is 13.0. The van der Waals surface area contributed by atoms with Gasteiger partial charge in [0.2, 0.25) is 5.91 Å². The van der Waals surface area contributed by atoms with Crippen LogP contribution in [-0.2, 0) is 11.3 Å². The van der Waals surface area contributed by atoms with Gasteiger partial charge in [-0.05, 0) is 37.6 Å². The lowest BCUT2D eigenvalue weighted by molar-refractivity contribution is -0.132. The fourth-order valence-corrected chi connectivity index (χ4v) is 2.46. The van der Waals surface area contributed by atoms with Gasteiger partial charge in [0.05, 0.1) is 6.54 Å². The molecule has 118 valence electrons. The van der Waals surface area contributed by atoms with Gasteiger partial charge in [0.25, 0.3) is 0 Å². The molecule has 3 nitrogen and oxygen atoms in total. The van der Waals surface area contributed by atoms with Crippen LogP contribution in [0.5, 0.6) is 0 Å². The SMILES string of the molecule is CCCN(CCC)C(=O)CN(C)Cc1ccc(F)cc1Cl. The monoisotopic (exact) mass is 314 g/mol. The van der Waals surface area contributed by atoms with Gasteiger partial charge in [-0.2, -0.15) is 0 Å². The van der Waals surface area contributed by atoms with Gasteiger partial charge in [-0.15, -0.1) is 0 Å². The molecule has 0 spiro atoms. The van der Waals surface area contributed by atoms with E-state index in [2.05, 4.69) is 13.8 Å². The smallest absolute Gasteiger partial charge is 0.236 e. The fourth-order valence-electron chi connectivity index (χ4n) is 2.23. The Hall–Kier alpha value is -1.13. The predicted molar refractivity (Wildman–Crippen MR) is 84.9 cm³/mol. The number of hydrogen-bond donors (Lipinski definition) is 0. The molecule has 0 saturated carbocycles. The molecule has 0 aromatic heterocycles. The Kier molecular flexibility index (Phi) is 7.68. The molecule has 0 aliphatic carbocycles. The Morgan fingerprint density at radius 2 is 1.86 bits per heavy atom. The lowest BCUT2D eigenvalue weighted by Crippen LogP contribution is -2.39. The molecule has 0 aliphatic rings. The van der Waals surface area contributed by atoms with Crippen molar-refractivity contribution < 1.29 is 9.18 Å². The average Bonchev–Trinajstić information content (AvgIpc) is 2.41. The summed E-state index contributed by atoms with van der Waals surface area (Å²) >= 11 is 6.01. The van der Waals surface area contributed by atoms with Crippen molar-refractivity contribution in [2.75, 3.05) is 26.7 Å². The lowest BCUT2D eigenvalue weighted by atomic mass is 10.2. The third-order valence-corrected chi connectivity index (χ3v) is 3.55. The van der Waals surface area contributed by atoms with Gasteiger partial charge in [-0.25, -0.2) is 4.39 Å². The predicted octanol–water partition coefficient (Wildman–Crippen LogP) is 3.56. The minimum atomic E-state index is -0.348. The second-order valence-corrected chi connectivity index (χ2v) is 5.70. The summed E-state index contributed by atoms with van der Waals surface area (Å²) in [5.41, 5.74) is 0.825. The standard InChI is InChI=1S/C16H24ClFN2O/c1-4-8-20(9-5-2)16(21)12-19(3)11-13-6-7-14(18)10-15(13)17/h6-7,10H,4-5,8-9,11-12H2,1-3H3. The van der Waals surface area contributed by atoms with Gasteiger partial charge in [-0.3, -0.25) is 9.69 Å². The van der Waals surface area contributed by atoms with Crippen LogP contribution in [-0.4, -0.2) is 42.4 Å². The van der Waals surface area contributed by atoms with Crippen LogP contribution < -0.4 is 0 Å². The number of carbonyl (C=O) groups excluding carboxylic acids is 1. The number of halogens is 2. The number of nitrogens with zero attached hydrogens (tertiary/aromatic N) is 2. The first-order valence-corrected chi connectivity index (χ1v) is 7.76. The minimum Gasteiger partial charge on any atom is -0.342 e. The van der Waals surface area contributed by atoms with E-state index < -0.39 is 0 Å². The molecule has 0 bridgehead atoms. The van der Waals surface area contributed by atoms with Crippen molar-refractivity contribution in [1.82, 2.24) is 9.80 Å². The van der Waals surface area contributed by atoms with Crippen LogP contribution in [0.4, 0.5) is 4.39 Å². The van der Waals surface area contributed by atoms with Crippen LogP contribution >= 0.6 is 11.6 Å². The zero-order chi connectivity index (χ0) is 15.8. The van der Waals surface area contributed by atoms with E-state index in [-0.39, 0.29) is 11.7 Å². The van der Waals surface area contributed by atoms with E-state index in [9.17, 15) is 9.18 Å². The van der Waals surface area contributed by atoms with Crippen LogP contribution in [0.3, 0.4) is 0 Å². The molecule has 5 heteroatoms. The van der Waals surface area contributed by atoms with Crippen LogP contribution in [0, 0.1) is 5.82 Å². The van der Waals surface area contributed by atoms with Crippen molar-refractivity contribution in [3.05, 3.63) is 34.6 Å². The van der Waals surface area contributed by atoms with E-state index in [1.807, 2.05) is 16.8 Å². The number of amides is 1. The topological polar surface area (TPSA) is 23.6 Å². The Labute approximate surface area is 131 Å². The van der Waals surface area contributed by atoms with Gasteiger partial charge in [0.1, 0.15) is 5.82 Å². The van der Waals surface area contributed by atoms with Crippen LogP contribution in [0.25, 0.3) is 0 Å². The van der Waals surface area contributed by atoms with Gasteiger partial charge < -0.3 is 4.90 Å². The summed E-state index contributed by atoms with van der Waals surface area (Å²) in [6.45, 7) is 6.58. The maximum Gasteiger partial charge on any atom is 0.236 e. The molecule has 1 rings (SSSR count). The summed E-state index contributed by atoms with van der Waals surface area (Å²) in [4.78, 5) is 16.0. The first kappa shape index (κ1) is 17.9. The van der Waals surface area contributed by atoms with Crippen molar-refractivity contribution >= 4 is 17.5 Å². The molecule has 0 fully saturated rings. The van der Waals surface area contributed by atoms with E-state index >= 15 is 0 Å². The molecular formula is C16H24ClFN2O. The molecule has 0 heterocycles. The number of benzene rings is 1. The van der Waals surface area contributed by atoms with Crippen LogP contribution in [0.15, 0.2) is 18.2 Å². The summed E-state index contributed by atoms with van der Waals surface area (Å²) in [5, 5.41) is 0.397. The molecular weight excluding hydrogens is 291 g/mol. The quantitative estimate of drug-likeness (QED) is 0.732. The largest absolute Gasteiger partial charge is 0.342 e. The highest BCUT2D eigenvalue weighted by Crippen LogP contribution is 2.18. The number of carbonyl (C=O) groups is 1. The van der Waals surface area contributed by atoms with Crippen molar-refractivity contribution in [2.24, 2.45) is 0 Å². The van der Waals surface area contributed by atoms with Crippen LogP contribution in [0.1, 0.15) is 32.3 Å².